The van der Waals surface area contributed by atoms with Crippen molar-refractivity contribution in [3.05, 3.63) is 35.1 Å². The normalized spacial score (nSPS) is 10.3. The molecule has 112 valence electrons. The number of nitrogens with one attached hydrogen (secondary N) is 2. The minimum atomic E-state index is 0.574. The van der Waals surface area contributed by atoms with E-state index in [0.717, 1.165) is 24.2 Å². The topological polar surface area (TPSA) is 59.1 Å². The van der Waals surface area contributed by atoms with E-state index in [-0.39, 0.29) is 0 Å². The van der Waals surface area contributed by atoms with Crippen molar-refractivity contribution in [1.29, 1.82) is 0 Å². The summed E-state index contributed by atoms with van der Waals surface area (Å²) in [6, 6.07) is 5.73. The highest BCUT2D eigenvalue weighted by Crippen LogP contribution is 2.34. The third kappa shape index (κ3) is 3.55. The number of halogens is 1. The number of anilines is 3. The number of rotatable bonds is 6. The van der Waals surface area contributed by atoms with Crippen molar-refractivity contribution in [2.24, 2.45) is 0 Å². The Morgan fingerprint density at radius 3 is 2.67 bits per heavy atom. The Bertz CT molecular complexity index is 598. The van der Waals surface area contributed by atoms with E-state index in [0.29, 0.717) is 22.4 Å². The Morgan fingerprint density at radius 2 is 2.00 bits per heavy atom. The van der Waals surface area contributed by atoms with Crippen LogP contribution in [0.15, 0.2) is 24.5 Å². The number of nitrogens with zero attached hydrogens (tertiary/aromatic N) is 2. The first-order valence-electron chi connectivity index (χ1n) is 6.82. The molecule has 2 aromatic rings. The van der Waals surface area contributed by atoms with Crippen LogP contribution >= 0.6 is 11.6 Å². The number of ether oxygens (including phenoxy) is 1. The highest BCUT2D eigenvalue weighted by Gasteiger charge is 2.14. The van der Waals surface area contributed by atoms with Gasteiger partial charge in [0.05, 0.1) is 17.8 Å². The first kappa shape index (κ1) is 15.4. The molecule has 0 amide bonds. The van der Waals surface area contributed by atoms with Gasteiger partial charge in [-0.15, -0.1) is 0 Å². The van der Waals surface area contributed by atoms with Gasteiger partial charge in [-0.05, 0) is 25.0 Å². The predicted octanol–water partition coefficient (Wildman–Crippen LogP) is 4.01. The molecule has 1 heterocycles. The van der Waals surface area contributed by atoms with E-state index < -0.39 is 0 Å². The van der Waals surface area contributed by atoms with Gasteiger partial charge in [-0.2, -0.15) is 0 Å². The zero-order chi connectivity index (χ0) is 15.2. The van der Waals surface area contributed by atoms with Crippen molar-refractivity contribution in [1.82, 2.24) is 9.97 Å². The molecule has 1 aromatic heterocycles. The second kappa shape index (κ2) is 7.13. The van der Waals surface area contributed by atoms with Crippen molar-refractivity contribution in [3.8, 4) is 5.75 Å². The van der Waals surface area contributed by atoms with Crippen molar-refractivity contribution in [2.75, 3.05) is 24.3 Å². The fourth-order valence-corrected chi connectivity index (χ4v) is 2.20. The van der Waals surface area contributed by atoms with E-state index in [9.17, 15) is 0 Å². The van der Waals surface area contributed by atoms with Gasteiger partial charge < -0.3 is 15.4 Å². The molecule has 0 aliphatic rings. The van der Waals surface area contributed by atoms with Crippen LogP contribution in [0.1, 0.15) is 18.9 Å². The molecule has 0 fully saturated rings. The number of methoxy groups -OCH3 is 1. The van der Waals surface area contributed by atoms with Crippen LogP contribution in [0.4, 0.5) is 17.3 Å². The molecule has 0 unspecified atom stereocenters. The smallest absolute Gasteiger partial charge is 0.204 e. The first-order chi connectivity index (χ1) is 10.2. The lowest BCUT2D eigenvalue weighted by Gasteiger charge is -2.15. The summed E-state index contributed by atoms with van der Waals surface area (Å²) in [7, 11) is 1.60. The van der Waals surface area contributed by atoms with Crippen LogP contribution in [0, 0.1) is 6.92 Å². The highest BCUT2D eigenvalue weighted by atomic mass is 35.5. The summed E-state index contributed by atoms with van der Waals surface area (Å²) < 4.78 is 5.43. The Morgan fingerprint density at radius 1 is 1.24 bits per heavy atom. The molecular weight excluding hydrogens is 288 g/mol. The summed E-state index contributed by atoms with van der Waals surface area (Å²) in [4.78, 5) is 8.46. The molecule has 1 aromatic carbocycles. The van der Waals surface area contributed by atoms with E-state index in [1.54, 1.807) is 7.11 Å². The fourth-order valence-electron chi connectivity index (χ4n) is 1.93. The molecule has 21 heavy (non-hydrogen) atoms. The summed E-state index contributed by atoms with van der Waals surface area (Å²) in [5.41, 5.74) is 1.85. The number of para-hydroxylation sites is 1. The van der Waals surface area contributed by atoms with Gasteiger partial charge in [-0.25, -0.2) is 9.97 Å². The molecule has 2 N–H and O–H groups in total. The van der Waals surface area contributed by atoms with Crippen LogP contribution < -0.4 is 15.4 Å². The van der Waals surface area contributed by atoms with Crippen molar-refractivity contribution in [2.45, 2.75) is 20.3 Å². The van der Waals surface area contributed by atoms with Gasteiger partial charge in [0.1, 0.15) is 6.33 Å². The SMILES string of the molecule is CCCNc1ncnc(Nc2c(C)cccc2Cl)c1OC. The number of hydrogen-bond donors (Lipinski definition) is 2. The van der Waals surface area contributed by atoms with Crippen LogP contribution in [0.3, 0.4) is 0 Å². The largest absolute Gasteiger partial charge is 0.490 e. The summed E-state index contributed by atoms with van der Waals surface area (Å²) in [6.45, 7) is 4.89. The zero-order valence-corrected chi connectivity index (χ0v) is 13.2. The van der Waals surface area contributed by atoms with Crippen LogP contribution in [-0.4, -0.2) is 23.6 Å². The highest BCUT2D eigenvalue weighted by molar-refractivity contribution is 6.33. The van der Waals surface area contributed by atoms with Gasteiger partial charge in [0.25, 0.3) is 0 Å². The molecule has 0 spiro atoms. The summed E-state index contributed by atoms with van der Waals surface area (Å²) in [6.07, 6.45) is 2.49. The minimum Gasteiger partial charge on any atom is -0.490 e. The Balaban J connectivity index is 2.35. The standard InChI is InChI=1S/C15H19ClN4O/c1-4-8-17-14-13(21-3)15(19-9-18-14)20-12-10(2)6-5-7-11(12)16/h5-7,9H,4,8H2,1-3H3,(H2,17,18,19,20). The molecule has 5 nitrogen and oxygen atoms in total. The molecule has 0 aliphatic carbocycles. The third-order valence-corrected chi connectivity index (χ3v) is 3.33. The molecule has 0 saturated heterocycles. The fraction of sp³-hybridized carbons (Fsp3) is 0.333. The molecule has 6 heteroatoms. The Hall–Kier alpha value is -2.01. The molecule has 0 atom stereocenters. The van der Waals surface area contributed by atoms with Crippen LogP contribution in [-0.2, 0) is 0 Å². The molecule has 0 saturated carbocycles. The predicted molar refractivity (Wildman–Crippen MR) is 86.8 cm³/mol. The van der Waals surface area contributed by atoms with Crippen molar-refractivity contribution < 1.29 is 4.74 Å². The lowest BCUT2D eigenvalue weighted by molar-refractivity contribution is 0.415. The van der Waals surface area contributed by atoms with Gasteiger partial charge in [0, 0.05) is 6.54 Å². The number of benzene rings is 1. The van der Waals surface area contributed by atoms with E-state index in [2.05, 4.69) is 27.5 Å². The molecule has 2 rings (SSSR count). The minimum absolute atomic E-state index is 0.574. The number of aryl methyl sites for hydroxylation is 1. The second-order valence-corrected chi connectivity index (χ2v) is 4.99. The number of hydrogen-bond acceptors (Lipinski definition) is 5. The van der Waals surface area contributed by atoms with E-state index in [1.165, 1.54) is 6.33 Å². The van der Waals surface area contributed by atoms with Crippen LogP contribution in [0.2, 0.25) is 5.02 Å². The van der Waals surface area contributed by atoms with Gasteiger partial charge in [0.15, 0.2) is 11.6 Å². The van der Waals surface area contributed by atoms with Gasteiger partial charge in [-0.3, -0.25) is 0 Å². The van der Waals surface area contributed by atoms with Crippen LogP contribution in [0.5, 0.6) is 5.75 Å². The quantitative estimate of drug-likeness (QED) is 0.844. The Kier molecular flexibility index (Phi) is 5.22. The van der Waals surface area contributed by atoms with Gasteiger partial charge in [0.2, 0.25) is 5.75 Å². The summed E-state index contributed by atoms with van der Waals surface area (Å²) in [5.74, 6) is 1.83. The average Bonchev–Trinajstić information content (AvgIpc) is 2.49. The summed E-state index contributed by atoms with van der Waals surface area (Å²) >= 11 is 6.24. The van der Waals surface area contributed by atoms with Crippen molar-refractivity contribution in [3.63, 3.8) is 0 Å². The van der Waals surface area contributed by atoms with Gasteiger partial charge >= 0.3 is 0 Å². The maximum Gasteiger partial charge on any atom is 0.204 e. The second-order valence-electron chi connectivity index (χ2n) is 4.59. The molecular formula is C15H19ClN4O. The maximum atomic E-state index is 6.24. The monoisotopic (exact) mass is 306 g/mol. The Labute approximate surface area is 129 Å². The van der Waals surface area contributed by atoms with E-state index in [4.69, 9.17) is 16.3 Å². The molecule has 0 radical (unpaired) electrons. The third-order valence-electron chi connectivity index (χ3n) is 3.02. The average molecular weight is 307 g/mol. The van der Waals surface area contributed by atoms with Crippen molar-refractivity contribution >= 4 is 28.9 Å². The zero-order valence-electron chi connectivity index (χ0n) is 12.4. The number of aromatic nitrogens is 2. The van der Waals surface area contributed by atoms with Gasteiger partial charge in [-0.1, -0.05) is 30.7 Å². The van der Waals surface area contributed by atoms with E-state index in [1.807, 2.05) is 25.1 Å². The summed E-state index contributed by atoms with van der Waals surface area (Å²) in [5, 5.41) is 7.09. The molecule has 0 bridgehead atoms. The van der Waals surface area contributed by atoms with Crippen LogP contribution in [0.25, 0.3) is 0 Å². The lowest BCUT2D eigenvalue weighted by atomic mass is 10.2. The lowest BCUT2D eigenvalue weighted by Crippen LogP contribution is -2.07. The maximum absolute atomic E-state index is 6.24. The molecule has 0 aliphatic heterocycles. The first-order valence-corrected chi connectivity index (χ1v) is 7.20. The van der Waals surface area contributed by atoms with E-state index >= 15 is 0 Å².